The first-order chi connectivity index (χ1) is 17.2. The number of rotatable bonds is 2. The molecule has 4 heteroatoms. The molecule has 2 N–H and O–H groups in total. The van der Waals surface area contributed by atoms with Crippen molar-refractivity contribution in [1.82, 2.24) is 4.57 Å². The van der Waals surface area contributed by atoms with Crippen molar-refractivity contribution < 1.29 is 4.42 Å². The van der Waals surface area contributed by atoms with E-state index >= 15 is 0 Å². The van der Waals surface area contributed by atoms with Gasteiger partial charge in [-0.1, -0.05) is 48.5 Å². The van der Waals surface area contributed by atoms with E-state index < -0.39 is 0 Å². The second-order valence-corrected chi connectivity index (χ2v) is 8.78. The van der Waals surface area contributed by atoms with E-state index in [2.05, 4.69) is 71.3 Å². The molecule has 0 bridgehead atoms. The van der Waals surface area contributed by atoms with Crippen LogP contribution >= 0.6 is 0 Å². The molecule has 0 unspecified atom stereocenters. The van der Waals surface area contributed by atoms with Gasteiger partial charge < -0.3 is 14.7 Å². The summed E-state index contributed by atoms with van der Waals surface area (Å²) in [4.78, 5) is 0. The summed E-state index contributed by atoms with van der Waals surface area (Å²) >= 11 is 0. The molecule has 0 saturated heterocycles. The number of nitrogen functional groups attached to an aromatic ring is 1. The summed E-state index contributed by atoms with van der Waals surface area (Å²) in [6, 6.07) is 37.0. The zero-order valence-corrected chi connectivity index (χ0v) is 18.7. The van der Waals surface area contributed by atoms with E-state index in [1.165, 1.54) is 10.8 Å². The van der Waals surface area contributed by atoms with Crippen LogP contribution in [-0.4, -0.2) is 4.57 Å². The van der Waals surface area contributed by atoms with Gasteiger partial charge in [-0.25, -0.2) is 0 Å². The molecule has 0 fully saturated rings. The minimum atomic E-state index is 0.619. The predicted molar refractivity (Wildman–Crippen MR) is 143 cm³/mol. The van der Waals surface area contributed by atoms with Gasteiger partial charge in [0.1, 0.15) is 11.2 Å². The highest BCUT2D eigenvalue weighted by molar-refractivity contribution is 6.10. The van der Waals surface area contributed by atoms with Crippen molar-refractivity contribution >= 4 is 49.4 Å². The Bertz CT molecular complexity index is 1930. The van der Waals surface area contributed by atoms with E-state index in [9.17, 15) is 5.26 Å². The maximum absolute atomic E-state index is 9.72. The van der Waals surface area contributed by atoms with Gasteiger partial charge in [-0.2, -0.15) is 5.26 Å². The Hall–Kier alpha value is -5.01. The van der Waals surface area contributed by atoms with Crippen LogP contribution in [-0.2, 0) is 0 Å². The summed E-state index contributed by atoms with van der Waals surface area (Å²) in [5.41, 5.74) is 14.3. The smallest absolute Gasteiger partial charge is 0.135 e. The lowest BCUT2D eigenvalue weighted by atomic mass is 9.99. The predicted octanol–water partition coefficient (Wildman–Crippen LogP) is 7.80. The second-order valence-electron chi connectivity index (χ2n) is 8.78. The molecule has 0 amide bonds. The molecule has 4 nitrogen and oxygen atoms in total. The van der Waals surface area contributed by atoms with E-state index in [4.69, 9.17) is 10.2 Å². The first-order valence-corrected chi connectivity index (χ1v) is 11.5. The normalized spacial score (nSPS) is 11.5. The van der Waals surface area contributed by atoms with Gasteiger partial charge in [0, 0.05) is 32.8 Å². The van der Waals surface area contributed by atoms with Crippen LogP contribution < -0.4 is 5.73 Å². The summed E-state index contributed by atoms with van der Waals surface area (Å²) < 4.78 is 8.31. The lowest BCUT2D eigenvalue weighted by Gasteiger charge is -2.15. The molecular formula is C31H19N3O. The highest BCUT2D eigenvalue weighted by Gasteiger charge is 2.17. The van der Waals surface area contributed by atoms with Gasteiger partial charge in [0.2, 0.25) is 0 Å². The monoisotopic (exact) mass is 449 g/mol. The number of para-hydroxylation sites is 2. The largest absolute Gasteiger partial charge is 0.456 e. The Balaban J connectivity index is 1.57. The van der Waals surface area contributed by atoms with Gasteiger partial charge in [-0.3, -0.25) is 0 Å². The number of furan rings is 1. The average Bonchev–Trinajstić information content (AvgIpc) is 3.43. The minimum absolute atomic E-state index is 0.619. The van der Waals surface area contributed by atoms with Crippen molar-refractivity contribution in [2.75, 3.05) is 5.73 Å². The van der Waals surface area contributed by atoms with Crippen molar-refractivity contribution in [1.29, 1.82) is 5.26 Å². The first kappa shape index (κ1) is 19.5. The molecule has 0 saturated carbocycles. The summed E-state index contributed by atoms with van der Waals surface area (Å²) in [7, 11) is 0. The Labute approximate surface area is 201 Å². The number of aromatic nitrogens is 1. The lowest BCUT2D eigenvalue weighted by molar-refractivity contribution is 0.669. The topological polar surface area (TPSA) is 67.9 Å². The fraction of sp³-hybridized carbons (Fsp3) is 0. The van der Waals surface area contributed by atoms with Crippen molar-refractivity contribution in [3.05, 3.63) is 109 Å². The third-order valence-corrected chi connectivity index (χ3v) is 6.75. The van der Waals surface area contributed by atoms with Gasteiger partial charge in [0.25, 0.3) is 0 Å². The third-order valence-electron chi connectivity index (χ3n) is 6.75. The fourth-order valence-electron chi connectivity index (χ4n) is 5.17. The van der Waals surface area contributed by atoms with Crippen LogP contribution in [0.15, 0.2) is 108 Å². The van der Waals surface area contributed by atoms with E-state index in [-0.39, 0.29) is 0 Å². The summed E-state index contributed by atoms with van der Waals surface area (Å²) in [5.74, 6) is 0. The van der Waals surface area contributed by atoms with Crippen LogP contribution in [0.4, 0.5) is 5.69 Å². The Morgan fingerprint density at radius 2 is 1.31 bits per heavy atom. The molecule has 7 aromatic rings. The van der Waals surface area contributed by atoms with Crippen molar-refractivity contribution in [2.45, 2.75) is 0 Å². The van der Waals surface area contributed by atoms with Gasteiger partial charge >= 0.3 is 0 Å². The zero-order chi connectivity index (χ0) is 23.5. The van der Waals surface area contributed by atoms with E-state index in [0.29, 0.717) is 11.3 Å². The van der Waals surface area contributed by atoms with Crippen molar-refractivity contribution in [3.63, 3.8) is 0 Å². The molecule has 0 radical (unpaired) electrons. The quantitative estimate of drug-likeness (QED) is 0.274. The van der Waals surface area contributed by atoms with Crippen LogP contribution in [0.1, 0.15) is 5.56 Å². The van der Waals surface area contributed by atoms with Crippen LogP contribution in [0, 0.1) is 11.3 Å². The first-order valence-electron chi connectivity index (χ1n) is 11.5. The minimum Gasteiger partial charge on any atom is -0.456 e. The molecule has 0 atom stereocenters. The number of nitrogens with zero attached hydrogens (tertiary/aromatic N) is 2. The average molecular weight is 450 g/mol. The highest BCUT2D eigenvalue weighted by Crippen LogP contribution is 2.39. The molecule has 164 valence electrons. The molecule has 2 aromatic heterocycles. The number of nitrogens with two attached hydrogens (primary N) is 1. The summed E-state index contributed by atoms with van der Waals surface area (Å²) in [5, 5.41) is 14.1. The summed E-state index contributed by atoms with van der Waals surface area (Å²) in [6.07, 6.45) is 0. The van der Waals surface area contributed by atoms with E-state index in [0.717, 1.165) is 49.8 Å². The third kappa shape index (κ3) is 2.86. The zero-order valence-electron chi connectivity index (χ0n) is 18.7. The lowest BCUT2D eigenvalue weighted by Crippen LogP contribution is -1.98. The van der Waals surface area contributed by atoms with Crippen LogP contribution in [0.25, 0.3) is 60.6 Å². The molecule has 5 aromatic carbocycles. The molecule has 7 rings (SSSR count). The van der Waals surface area contributed by atoms with Gasteiger partial charge in [0.05, 0.1) is 28.4 Å². The maximum Gasteiger partial charge on any atom is 0.135 e. The van der Waals surface area contributed by atoms with Crippen LogP contribution in [0.3, 0.4) is 0 Å². The van der Waals surface area contributed by atoms with Gasteiger partial charge in [-0.05, 0) is 60.2 Å². The van der Waals surface area contributed by atoms with Crippen molar-refractivity contribution in [2.24, 2.45) is 0 Å². The molecule has 0 aliphatic carbocycles. The molecule has 0 aliphatic rings. The number of hydrogen-bond donors (Lipinski definition) is 1. The number of fused-ring (bicyclic) bond motifs is 6. The SMILES string of the molecule is N#Cc1ccc(-c2ccc3oc4ccc(N)cc4c3c2)c(-n2c3ccccc3c3ccccc32)c1. The van der Waals surface area contributed by atoms with Crippen molar-refractivity contribution in [3.8, 4) is 22.9 Å². The van der Waals surface area contributed by atoms with E-state index in [1.54, 1.807) is 0 Å². The molecule has 0 spiro atoms. The molecule has 2 heterocycles. The highest BCUT2D eigenvalue weighted by atomic mass is 16.3. The van der Waals surface area contributed by atoms with Crippen LogP contribution in [0.2, 0.25) is 0 Å². The maximum atomic E-state index is 9.72. The number of hydrogen-bond acceptors (Lipinski definition) is 3. The Morgan fingerprint density at radius 1 is 0.657 bits per heavy atom. The number of nitriles is 1. The molecule has 35 heavy (non-hydrogen) atoms. The molecule has 0 aliphatic heterocycles. The van der Waals surface area contributed by atoms with Gasteiger partial charge in [0.15, 0.2) is 0 Å². The van der Waals surface area contributed by atoms with Gasteiger partial charge in [-0.15, -0.1) is 0 Å². The number of benzene rings is 5. The van der Waals surface area contributed by atoms with E-state index in [1.807, 2.05) is 42.5 Å². The Kier molecular flexibility index (Phi) is 4.03. The second kappa shape index (κ2) is 7.24. The molecular weight excluding hydrogens is 430 g/mol. The van der Waals surface area contributed by atoms with Crippen LogP contribution in [0.5, 0.6) is 0 Å². The summed E-state index contributed by atoms with van der Waals surface area (Å²) in [6.45, 7) is 0. The fourth-order valence-corrected chi connectivity index (χ4v) is 5.17. The number of anilines is 1. The standard InChI is InChI=1S/C31H19N3O/c32-18-19-9-12-22(20-10-13-30-25(16-20)26-17-21(33)11-14-31(26)35-30)29(15-19)34-27-7-3-1-5-23(27)24-6-2-4-8-28(24)34/h1-17H,33H2. The Morgan fingerprint density at radius 3 is 2.03 bits per heavy atom.